The van der Waals surface area contributed by atoms with Crippen LogP contribution in [-0.4, -0.2) is 57.8 Å². The number of nitrogens with zero attached hydrogens (tertiary/aromatic N) is 4. The number of hydrogen-bond acceptors (Lipinski definition) is 7. The summed E-state index contributed by atoms with van der Waals surface area (Å²) in [6.45, 7) is 10.9. The normalized spacial score (nSPS) is 14.7. The molecule has 0 spiro atoms. The van der Waals surface area contributed by atoms with Crippen LogP contribution in [0.2, 0.25) is 0 Å². The first kappa shape index (κ1) is 36.0. The Hall–Kier alpha value is -4.28. The average molecular weight is 684 g/mol. The van der Waals surface area contributed by atoms with Crippen molar-refractivity contribution in [2.45, 2.75) is 76.5 Å². The van der Waals surface area contributed by atoms with Gasteiger partial charge in [-0.25, -0.2) is 0 Å². The third-order valence-electron chi connectivity index (χ3n) is 8.48. The zero-order valence-corrected chi connectivity index (χ0v) is 29.8. The topological polar surface area (TPSA) is 98.6 Å². The van der Waals surface area contributed by atoms with E-state index in [1.807, 2.05) is 34.9 Å². The van der Waals surface area contributed by atoms with Crippen LogP contribution in [0.4, 0.5) is 11.4 Å². The lowest BCUT2D eigenvalue weighted by Gasteiger charge is -2.29. The number of benzene rings is 3. The third kappa shape index (κ3) is 10.1. The van der Waals surface area contributed by atoms with Gasteiger partial charge < -0.3 is 24.3 Å². The van der Waals surface area contributed by atoms with Crippen LogP contribution < -0.4 is 15.0 Å². The molecule has 1 atom stereocenters. The molecule has 1 N–H and O–H groups in total. The molecular weight excluding hydrogens is 635 g/mol. The van der Waals surface area contributed by atoms with Crippen molar-refractivity contribution >= 4 is 34.2 Å². The van der Waals surface area contributed by atoms with E-state index in [-0.39, 0.29) is 5.91 Å². The van der Waals surface area contributed by atoms with Crippen molar-refractivity contribution in [2.24, 2.45) is 0 Å². The number of anilines is 2. The van der Waals surface area contributed by atoms with Gasteiger partial charge in [-0.3, -0.25) is 9.00 Å². The molecule has 1 amide bonds. The van der Waals surface area contributed by atoms with Crippen molar-refractivity contribution in [1.29, 1.82) is 0 Å². The molecule has 1 aliphatic heterocycles. The third-order valence-corrected chi connectivity index (χ3v) is 9.80. The molecule has 0 bridgehead atoms. The first-order valence-electron chi connectivity index (χ1n) is 17.6. The van der Waals surface area contributed by atoms with Crippen molar-refractivity contribution in [3.63, 3.8) is 0 Å². The second kappa shape index (κ2) is 18.5. The molecule has 1 aliphatic rings. The number of carbonyl (C=O) groups excluding carboxylic acids is 1. The summed E-state index contributed by atoms with van der Waals surface area (Å²) in [5.41, 5.74) is 5.74. The van der Waals surface area contributed by atoms with Crippen LogP contribution in [0.15, 0.2) is 83.5 Å². The fraction of sp³-hybridized carbons (Fsp3) is 0.410. The minimum atomic E-state index is -1.27. The molecule has 0 radical (unpaired) electrons. The second-order valence-electron chi connectivity index (χ2n) is 12.3. The lowest BCUT2D eigenvalue weighted by atomic mass is 9.96. The van der Waals surface area contributed by atoms with Gasteiger partial charge in [0.2, 0.25) is 0 Å². The predicted octanol–water partition coefficient (Wildman–Crippen LogP) is 7.89. The predicted molar refractivity (Wildman–Crippen MR) is 198 cm³/mol. The van der Waals surface area contributed by atoms with Crippen molar-refractivity contribution in [3.05, 3.63) is 90.0 Å². The molecule has 1 aromatic heterocycles. The largest absolute Gasteiger partial charge is 0.491 e. The van der Waals surface area contributed by atoms with Crippen LogP contribution in [0.1, 0.15) is 70.7 Å². The van der Waals surface area contributed by atoms with Gasteiger partial charge in [-0.15, -0.1) is 10.2 Å². The maximum atomic E-state index is 13.6. The van der Waals surface area contributed by atoms with E-state index in [1.165, 1.54) is 0 Å². The lowest BCUT2D eigenvalue weighted by Crippen LogP contribution is -2.28. The summed E-state index contributed by atoms with van der Waals surface area (Å²) in [6, 6.07) is 21.9. The molecule has 5 rings (SSSR count). The van der Waals surface area contributed by atoms with Gasteiger partial charge in [0, 0.05) is 48.1 Å². The van der Waals surface area contributed by atoms with Crippen molar-refractivity contribution in [1.82, 2.24) is 14.8 Å². The van der Waals surface area contributed by atoms with Gasteiger partial charge in [0.25, 0.3) is 5.91 Å². The van der Waals surface area contributed by atoms with E-state index >= 15 is 0 Å². The Bertz CT molecular complexity index is 1700. The molecule has 0 fully saturated rings. The van der Waals surface area contributed by atoms with Gasteiger partial charge in [-0.1, -0.05) is 45.4 Å². The van der Waals surface area contributed by atoms with Gasteiger partial charge in [-0.05, 0) is 103 Å². The highest BCUT2D eigenvalue weighted by Gasteiger charge is 2.19. The Kier molecular flexibility index (Phi) is 13.6. The van der Waals surface area contributed by atoms with E-state index < -0.39 is 10.8 Å². The quantitative estimate of drug-likeness (QED) is 0.113. The van der Waals surface area contributed by atoms with Crippen molar-refractivity contribution in [3.8, 4) is 16.9 Å². The van der Waals surface area contributed by atoms with Gasteiger partial charge in [0.1, 0.15) is 24.5 Å². The lowest BCUT2D eigenvalue weighted by molar-refractivity contribution is -0.112. The summed E-state index contributed by atoms with van der Waals surface area (Å²) in [5, 5.41) is 11.2. The molecule has 4 aromatic rings. The molecule has 0 saturated heterocycles. The minimum absolute atomic E-state index is 0.123. The summed E-state index contributed by atoms with van der Waals surface area (Å²) in [7, 11) is -1.27. The number of nitrogens with one attached hydrogen (secondary N) is 1. The number of unbranched alkanes of at least 4 members (excludes halogenated alkanes) is 1. The van der Waals surface area contributed by atoms with Crippen LogP contribution in [0, 0.1) is 0 Å². The van der Waals surface area contributed by atoms with E-state index in [1.54, 1.807) is 18.5 Å². The Morgan fingerprint density at radius 3 is 2.43 bits per heavy atom. The van der Waals surface area contributed by atoms with E-state index in [0.717, 1.165) is 92.0 Å². The highest BCUT2D eigenvalue weighted by Crippen LogP contribution is 2.33. The van der Waals surface area contributed by atoms with E-state index in [9.17, 15) is 9.00 Å². The Morgan fingerprint density at radius 1 is 0.898 bits per heavy atom. The molecule has 49 heavy (non-hydrogen) atoms. The van der Waals surface area contributed by atoms with Crippen molar-refractivity contribution < 1.29 is 18.5 Å². The van der Waals surface area contributed by atoms with Crippen LogP contribution in [0.3, 0.4) is 0 Å². The molecule has 260 valence electrons. The van der Waals surface area contributed by atoms with Gasteiger partial charge in [-0.2, -0.15) is 0 Å². The van der Waals surface area contributed by atoms with Gasteiger partial charge in [0.05, 0.1) is 23.2 Å². The second-order valence-corrected chi connectivity index (χ2v) is 13.7. The standard InChI is InChI=1S/C39H49N5O4S/c1-4-7-23-47-24-25-48-35-15-10-30(11-16-35)31-12-19-37-33(26-31)27-32(9-8-22-43(37)20-5-2)39(45)41-34-13-17-36(18-14-34)49(46)28-38-42-40-29-44(38)21-6-3/h10-19,26-27,29H,4-9,20-25,28H2,1-3H3,(H,41,45)/b32-27+. The van der Waals surface area contributed by atoms with E-state index in [4.69, 9.17) is 9.47 Å². The average Bonchev–Trinajstić information content (AvgIpc) is 3.54. The fourth-order valence-electron chi connectivity index (χ4n) is 5.89. The molecule has 0 saturated carbocycles. The SMILES string of the molecule is CCCCOCCOc1ccc(-c2ccc3c(c2)/C=C(/C(=O)Nc2ccc(S(=O)Cc4nncn4CCC)cc2)CCCN3CCC)cc1. The van der Waals surface area contributed by atoms with E-state index in [2.05, 4.69) is 71.5 Å². The highest BCUT2D eigenvalue weighted by molar-refractivity contribution is 7.84. The molecule has 0 aliphatic carbocycles. The van der Waals surface area contributed by atoms with Crippen molar-refractivity contribution in [2.75, 3.05) is 43.1 Å². The summed E-state index contributed by atoms with van der Waals surface area (Å²) in [4.78, 5) is 16.7. The Labute approximate surface area is 293 Å². The van der Waals surface area contributed by atoms with E-state index in [0.29, 0.717) is 41.8 Å². The molecule has 1 unspecified atom stereocenters. The zero-order valence-electron chi connectivity index (χ0n) is 29.0. The maximum Gasteiger partial charge on any atom is 0.251 e. The van der Waals surface area contributed by atoms with Gasteiger partial charge in [0.15, 0.2) is 0 Å². The highest BCUT2D eigenvalue weighted by atomic mass is 32.2. The number of aromatic nitrogens is 3. The van der Waals surface area contributed by atoms with Crippen LogP contribution >= 0.6 is 0 Å². The van der Waals surface area contributed by atoms with Crippen LogP contribution in [0.25, 0.3) is 17.2 Å². The number of carbonyl (C=O) groups is 1. The first-order chi connectivity index (χ1) is 24.0. The number of ether oxygens (including phenoxy) is 2. The van der Waals surface area contributed by atoms with Gasteiger partial charge >= 0.3 is 0 Å². The number of amides is 1. The molecule has 9 nitrogen and oxygen atoms in total. The fourth-order valence-corrected chi connectivity index (χ4v) is 6.95. The maximum absolute atomic E-state index is 13.6. The molecule has 2 heterocycles. The molecule has 3 aromatic carbocycles. The summed E-state index contributed by atoms with van der Waals surface area (Å²) >= 11 is 0. The number of hydrogen-bond donors (Lipinski definition) is 1. The summed E-state index contributed by atoms with van der Waals surface area (Å²) in [5.74, 6) is 1.70. The molecular formula is C39H49N5O4S. The summed E-state index contributed by atoms with van der Waals surface area (Å²) < 4.78 is 26.5. The Balaban J connectivity index is 1.28. The minimum Gasteiger partial charge on any atom is -0.491 e. The smallest absolute Gasteiger partial charge is 0.251 e. The van der Waals surface area contributed by atoms with Crippen LogP contribution in [0.5, 0.6) is 5.75 Å². The molecule has 10 heteroatoms. The Morgan fingerprint density at radius 2 is 1.67 bits per heavy atom. The number of fused-ring (bicyclic) bond motifs is 1. The first-order valence-corrected chi connectivity index (χ1v) is 18.9. The zero-order chi connectivity index (χ0) is 34.4. The summed E-state index contributed by atoms with van der Waals surface area (Å²) in [6.07, 6.45) is 9.46. The monoisotopic (exact) mass is 683 g/mol. The number of rotatable bonds is 17. The van der Waals surface area contributed by atoms with Crippen LogP contribution in [-0.2, 0) is 32.6 Å². The number of aryl methyl sites for hydroxylation is 1.